The molecule has 1 aromatic carbocycles. The summed E-state index contributed by atoms with van der Waals surface area (Å²) >= 11 is 6.20. The zero-order valence-corrected chi connectivity index (χ0v) is 13.1. The first-order chi connectivity index (χ1) is 9.43. The van der Waals surface area contributed by atoms with Crippen molar-refractivity contribution in [3.05, 3.63) is 34.6 Å². The largest absolute Gasteiger partial charge is 0.329 e. The number of nitrogens with two attached hydrogens (primary N) is 1. The minimum absolute atomic E-state index is 0.0806. The minimum atomic E-state index is -0.300. The highest BCUT2D eigenvalue weighted by atomic mass is 35.5. The monoisotopic (exact) mass is 298 g/mol. The van der Waals surface area contributed by atoms with E-state index in [1.54, 1.807) is 6.07 Å². The van der Waals surface area contributed by atoms with Gasteiger partial charge in [0.15, 0.2) is 0 Å². The van der Waals surface area contributed by atoms with Gasteiger partial charge in [-0.3, -0.25) is 4.90 Å². The molecule has 20 heavy (non-hydrogen) atoms. The Morgan fingerprint density at radius 1 is 1.35 bits per heavy atom. The van der Waals surface area contributed by atoms with Gasteiger partial charge in [0.1, 0.15) is 5.82 Å². The Morgan fingerprint density at radius 2 is 2.10 bits per heavy atom. The highest BCUT2D eigenvalue weighted by Crippen LogP contribution is 2.34. The van der Waals surface area contributed by atoms with Crippen LogP contribution in [0.25, 0.3) is 0 Å². The number of halogens is 2. The van der Waals surface area contributed by atoms with E-state index in [4.69, 9.17) is 17.3 Å². The first-order valence-corrected chi connectivity index (χ1v) is 7.70. The molecule has 0 radical (unpaired) electrons. The summed E-state index contributed by atoms with van der Waals surface area (Å²) < 4.78 is 13.2. The molecule has 2 N–H and O–H groups in total. The Balaban J connectivity index is 2.19. The number of hydrogen-bond donors (Lipinski definition) is 1. The normalized spacial score (nSPS) is 21.4. The van der Waals surface area contributed by atoms with Crippen LogP contribution in [0.15, 0.2) is 18.2 Å². The van der Waals surface area contributed by atoms with Crippen LogP contribution < -0.4 is 5.73 Å². The fourth-order valence-corrected chi connectivity index (χ4v) is 3.29. The molecule has 1 aromatic rings. The minimum Gasteiger partial charge on any atom is -0.329 e. The highest BCUT2D eigenvalue weighted by Gasteiger charge is 2.28. The van der Waals surface area contributed by atoms with Crippen molar-refractivity contribution in [2.75, 3.05) is 19.6 Å². The third kappa shape index (κ3) is 3.72. The van der Waals surface area contributed by atoms with Gasteiger partial charge < -0.3 is 5.73 Å². The Labute approximate surface area is 126 Å². The van der Waals surface area contributed by atoms with Crippen LogP contribution in [0.2, 0.25) is 5.02 Å². The molecule has 1 aliphatic rings. The SMILES string of the molecule is CC1(C)CCCN(C(CN)c2ccc(F)cc2Cl)CC1. The Morgan fingerprint density at radius 3 is 2.75 bits per heavy atom. The average Bonchev–Trinajstić information content (AvgIpc) is 2.54. The topological polar surface area (TPSA) is 29.3 Å². The molecule has 1 fully saturated rings. The van der Waals surface area contributed by atoms with Crippen molar-refractivity contribution in [3.8, 4) is 0 Å². The molecule has 2 rings (SSSR count). The maximum absolute atomic E-state index is 13.2. The molecule has 1 unspecified atom stereocenters. The summed E-state index contributed by atoms with van der Waals surface area (Å²) in [6, 6.07) is 4.69. The molecule has 0 bridgehead atoms. The number of nitrogens with zero attached hydrogens (tertiary/aromatic N) is 1. The van der Waals surface area contributed by atoms with Gasteiger partial charge in [-0.2, -0.15) is 0 Å². The second-order valence-electron chi connectivity index (χ2n) is 6.47. The van der Waals surface area contributed by atoms with Crippen LogP contribution in [0, 0.1) is 11.2 Å². The second kappa shape index (κ2) is 6.42. The maximum atomic E-state index is 13.2. The van der Waals surface area contributed by atoms with E-state index in [0.717, 1.165) is 25.1 Å². The summed E-state index contributed by atoms with van der Waals surface area (Å²) in [5.74, 6) is -0.300. The fourth-order valence-electron chi connectivity index (χ4n) is 3.00. The molecule has 1 aliphatic heterocycles. The van der Waals surface area contributed by atoms with Crippen LogP contribution in [0.3, 0.4) is 0 Å². The zero-order valence-electron chi connectivity index (χ0n) is 12.3. The summed E-state index contributed by atoms with van der Waals surface area (Å²) in [6.07, 6.45) is 3.56. The van der Waals surface area contributed by atoms with E-state index < -0.39 is 0 Å². The van der Waals surface area contributed by atoms with Crippen molar-refractivity contribution >= 4 is 11.6 Å². The van der Waals surface area contributed by atoms with E-state index in [1.807, 2.05) is 0 Å². The van der Waals surface area contributed by atoms with Gasteiger partial charge in [-0.1, -0.05) is 31.5 Å². The molecule has 1 atom stereocenters. The molecule has 2 nitrogen and oxygen atoms in total. The number of likely N-dealkylation sites (tertiary alicyclic amines) is 1. The van der Waals surface area contributed by atoms with E-state index in [0.29, 0.717) is 17.0 Å². The van der Waals surface area contributed by atoms with E-state index in [9.17, 15) is 4.39 Å². The van der Waals surface area contributed by atoms with E-state index in [1.165, 1.54) is 25.0 Å². The van der Waals surface area contributed by atoms with Crippen LogP contribution in [0.4, 0.5) is 4.39 Å². The van der Waals surface area contributed by atoms with Crippen LogP contribution >= 0.6 is 11.6 Å². The third-order valence-corrected chi connectivity index (χ3v) is 4.69. The molecular formula is C16H24ClFN2. The lowest BCUT2D eigenvalue weighted by Crippen LogP contribution is -2.35. The summed E-state index contributed by atoms with van der Waals surface area (Å²) in [4.78, 5) is 2.40. The van der Waals surface area contributed by atoms with Crippen LogP contribution in [0.1, 0.15) is 44.7 Å². The van der Waals surface area contributed by atoms with Crippen molar-refractivity contribution in [1.29, 1.82) is 0 Å². The van der Waals surface area contributed by atoms with Gasteiger partial charge in [-0.25, -0.2) is 4.39 Å². The van der Waals surface area contributed by atoms with Crippen LogP contribution in [0.5, 0.6) is 0 Å². The summed E-state index contributed by atoms with van der Waals surface area (Å²) in [5, 5.41) is 0.476. The van der Waals surface area contributed by atoms with E-state index in [2.05, 4.69) is 18.7 Å². The van der Waals surface area contributed by atoms with Crippen molar-refractivity contribution in [3.63, 3.8) is 0 Å². The number of hydrogen-bond acceptors (Lipinski definition) is 2. The van der Waals surface area contributed by atoms with Gasteiger partial charge in [0.05, 0.1) is 0 Å². The molecule has 1 saturated heterocycles. The first-order valence-electron chi connectivity index (χ1n) is 7.32. The summed E-state index contributed by atoms with van der Waals surface area (Å²) in [5.41, 5.74) is 7.30. The van der Waals surface area contributed by atoms with E-state index in [-0.39, 0.29) is 11.9 Å². The molecular weight excluding hydrogens is 275 g/mol. The predicted octanol–water partition coefficient (Wildman–Crippen LogP) is 3.99. The number of rotatable bonds is 3. The molecule has 112 valence electrons. The van der Waals surface area contributed by atoms with Crippen molar-refractivity contribution in [1.82, 2.24) is 4.90 Å². The summed E-state index contributed by atoms with van der Waals surface area (Å²) in [7, 11) is 0. The number of benzene rings is 1. The van der Waals surface area contributed by atoms with Gasteiger partial charge in [0, 0.05) is 17.6 Å². The molecule has 0 saturated carbocycles. The Hall–Kier alpha value is -0.640. The predicted molar refractivity (Wildman–Crippen MR) is 82.4 cm³/mol. The molecule has 0 spiro atoms. The standard InChI is InChI=1S/C16H24ClFN2/c1-16(2)6-3-8-20(9-7-16)15(11-19)13-5-4-12(18)10-14(13)17/h4-5,10,15H,3,6-9,11,19H2,1-2H3. The Kier molecular flexibility index (Phi) is 5.05. The molecule has 0 aromatic heterocycles. The molecule has 0 aliphatic carbocycles. The fraction of sp³-hybridized carbons (Fsp3) is 0.625. The molecule has 0 amide bonds. The average molecular weight is 299 g/mol. The van der Waals surface area contributed by atoms with Crippen molar-refractivity contribution in [2.45, 2.75) is 39.2 Å². The first kappa shape index (κ1) is 15.7. The van der Waals surface area contributed by atoms with Gasteiger partial charge in [-0.15, -0.1) is 0 Å². The summed E-state index contributed by atoms with van der Waals surface area (Å²) in [6.45, 7) is 7.19. The van der Waals surface area contributed by atoms with Crippen molar-refractivity contribution < 1.29 is 4.39 Å². The highest BCUT2D eigenvalue weighted by molar-refractivity contribution is 6.31. The Bertz CT molecular complexity index is 462. The maximum Gasteiger partial charge on any atom is 0.124 e. The zero-order chi connectivity index (χ0) is 14.8. The quantitative estimate of drug-likeness (QED) is 0.914. The van der Waals surface area contributed by atoms with E-state index >= 15 is 0 Å². The lowest BCUT2D eigenvalue weighted by molar-refractivity contribution is 0.200. The third-order valence-electron chi connectivity index (χ3n) is 4.36. The van der Waals surface area contributed by atoms with Crippen LogP contribution in [-0.2, 0) is 0 Å². The van der Waals surface area contributed by atoms with Gasteiger partial charge in [0.25, 0.3) is 0 Å². The van der Waals surface area contributed by atoms with Crippen LogP contribution in [-0.4, -0.2) is 24.5 Å². The van der Waals surface area contributed by atoms with Gasteiger partial charge >= 0.3 is 0 Å². The van der Waals surface area contributed by atoms with Gasteiger partial charge in [-0.05, 0) is 55.5 Å². The second-order valence-corrected chi connectivity index (χ2v) is 6.88. The molecule has 4 heteroatoms. The van der Waals surface area contributed by atoms with Gasteiger partial charge in [0.2, 0.25) is 0 Å². The smallest absolute Gasteiger partial charge is 0.124 e. The lowest BCUT2D eigenvalue weighted by Gasteiger charge is -2.31. The molecule has 1 heterocycles. The van der Waals surface area contributed by atoms with Crippen molar-refractivity contribution in [2.24, 2.45) is 11.1 Å². The lowest BCUT2D eigenvalue weighted by atomic mass is 9.85.